The second-order valence-corrected chi connectivity index (χ2v) is 5.50. The molecule has 2 aromatic carbocycles. The van der Waals surface area contributed by atoms with Gasteiger partial charge in [0.15, 0.2) is 11.6 Å². The van der Waals surface area contributed by atoms with Crippen molar-refractivity contribution in [3.8, 4) is 0 Å². The number of nitrogens with zero attached hydrogens (tertiary/aromatic N) is 2. The maximum absolute atomic E-state index is 12.1. The number of hydrazine groups is 1. The van der Waals surface area contributed by atoms with Gasteiger partial charge in [-0.05, 0) is 36.4 Å². The molecular weight excluding hydrogens is 340 g/mol. The number of hydrogen-bond donors (Lipinski definition) is 4. The van der Waals surface area contributed by atoms with E-state index in [9.17, 15) is 4.79 Å². The van der Waals surface area contributed by atoms with Crippen molar-refractivity contribution in [1.82, 2.24) is 15.4 Å². The highest BCUT2D eigenvalue weighted by molar-refractivity contribution is 6.30. The van der Waals surface area contributed by atoms with Crippen LogP contribution in [0.5, 0.6) is 0 Å². The first-order valence-electron chi connectivity index (χ1n) is 7.38. The fourth-order valence-electron chi connectivity index (χ4n) is 2.04. The van der Waals surface area contributed by atoms with Crippen molar-refractivity contribution >= 4 is 40.5 Å². The van der Waals surface area contributed by atoms with Crippen molar-refractivity contribution in [2.45, 2.75) is 0 Å². The van der Waals surface area contributed by atoms with Crippen LogP contribution in [0.1, 0.15) is 10.4 Å². The summed E-state index contributed by atoms with van der Waals surface area (Å²) in [6.07, 6.45) is 1.35. The van der Waals surface area contributed by atoms with Gasteiger partial charge in [-0.2, -0.15) is 0 Å². The molecule has 5 N–H and O–H groups in total. The van der Waals surface area contributed by atoms with Crippen molar-refractivity contribution < 1.29 is 4.79 Å². The molecule has 126 valence electrons. The zero-order valence-corrected chi connectivity index (χ0v) is 13.8. The third-order valence-corrected chi connectivity index (χ3v) is 3.57. The number of amides is 1. The SMILES string of the molecule is Nc1c(NNC(=O)c2ccc(Cl)cc2)ncnc1Nc1ccccc1. The summed E-state index contributed by atoms with van der Waals surface area (Å²) in [5, 5.41) is 3.65. The molecule has 8 heteroatoms. The van der Waals surface area contributed by atoms with Crippen LogP contribution < -0.4 is 21.9 Å². The molecule has 0 radical (unpaired) electrons. The summed E-state index contributed by atoms with van der Waals surface area (Å²) in [7, 11) is 0. The van der Waals surface area contributed by atoms with Gasteiger partial charge in [0.05, 0.1) is 0 Å². The zero-order valence-electron chi connectivity index (χ0n) is 13.0. The van der Waals surface area contributed by atoms with Gasteiger partial charge in [-0.3, -0.25) is 15.6 Å². The van der Waals surface area contributed by atoms with Crippen LogP contribution in [0, 0.1) is 0 Å². The Bertz CT molecular complexity index is 870. The summed E-state index contributed by atoms with van der Waals surface area (Å²) in [5.74, 6) is 0.382. The summed E-state index contributed by atoms with van der Waals surface area (Å²) in [4.78, 5) is 20.3. The van der Waals surface area contributed by atoms with Crippen LogP contribution in [0.3, 0.4) is 0 Å². The van der Waals surface area contributed by atoms with Gasteiger partial charge < -0.3 is 11.1 Å². The highest BCUT2D eigenvalue weighted by Gasteiger charge is 2.10. The number of nitrogens with one attached hydrogen (secondary N) is 3. The third kappa shape index (κ3) is 4.15. The van der Waals surface area contributed by atoms with Crippen molar-refractivity contribution in [2.75, 3.05) is 16.5 Å². The summed E-state index contributed by atoms with van der Waals surface area (Å²) >= 11 is 5.81. The number of anilines is 4. The lowest BCUT2D eigenvalue weighted by atomic mass is 10.2. The van der Waals surface area contributed by atoms with Gasteiger partial charge in [0.25, 0.3) is 5.91 Å². The van der Waals surface area contributed by atoms with Gasteiger partial charge in [0.2, 0.25) is 0 Å². The predicted molar refractivity (Wildman–Crippen MR) is 98.7 cm³/mol. The standard InChI is InChI=1S/C17H15ClN6O/c18-12-8-6-11(7-9-12)17(25)24-23-16-14(19)15(20-10-21-16)22-13-4-2-1-3-5-13/h1-10H,19H2,(H,24,25)(H2,20,21,22,23). The molecule has 0 aliphatic rings. The molecule has 0 spiro atoms. The Morgan fingerprint density at radius 3 is 2.36 bits per heavy atom. The smallest absolute Gasteiger partial charge is 0.269 e. The maximum atomic E-state index is 12.1. The summed E-state index contributed by atoms with van der Waals surface area (Å²) < 4.78 is 0. The lowest BCUT2D eigenvalue weighted by Crippen LogP contribution is -2.30. The van der Waals surface area contributed by atoms with Gasteiger partial charge in [-0.25, -0.2) is 9.97 Å². The molecule has 0 bridgehead atoms. The highest BCUT2D eigenvalue weighted by Crippen LogP contribution is 2.25. The van der Waals surface area contributed by atoms with Crippen LogP contribution in [0.4, 0.5) is 23.0 Å². The molecule has 1 heterocycles. The fraction of sp³-hybridized carbons (Fsp3) is 0. The van der Waals surface area contributed by atoms with E-state index in [1.807, 2.05) is 30.3 Å². The first-order chi connectivity index (χ1) is 12.1. The van der Waals surface area contributed by atoms with E-state index in [-0.39, 0.29) is 17.4 Å². The molecule has 0 saturated carbocycles. The molecular formula is C17H15ClN6O. The summed E-state index contributed by atoms with van der Waals surface area (Å²) in [6.45, 7) is 0. The number of carbonyl (C=O) groups excluding carboxylic acids is 1. The molecule has 25 heavy (non-hydrogen) atoms. The molecule has 3 rings (SSSR count). The maximum Gasteiger partial charge on any atom is 0.269 e. The Balaban J connectivity index is 1.69. The van der Waals surface area contributed by atoms with E-state index in [1.165, 1.54) is 6.33 Å². The van der Waals surface area contributed by atoms with Crippen molar-refractivity contribution in [2.24, 2.45) is 0 Å². The quantitative estimate of drug-likeness (QED) is 0.524. The van der Waals surface area contributed by atoms with E-state index in [0.29, 0.717) is 16.4 Å². The van der Waals surface area contributed by atoms with Gasteiger partial charge in [-0.15, -0.1) is 0 Å². The lowest BCUT2D eigenvalue weighted by Gasteiger charge is -2.13. The molecule has 7 nitrogen and oxygen atoms in total. The van der Waals surface area contributed by atoms with Gasteiger partial charge in [-0.1, -0.05) is 29.8 Å². The fourth-order valence-corrected chi connectivity index (χ4v) is 2.17. The molecule has 0 unspecified atom stereocenters. The van der Waals surface area contributed by atoms with Crippen molar-refractivity contribution in [3.63, 3.8) is 0 Å². The Morgan fingerprint density at radius 1 is 0.960 bits per heavy atom. The molecule has 1 aromatic heterocycles. The lowest BCUT2D eigenvalue weighted by molar-refractivity contribution is 0.0962. The third-order valence-electron chi connectivity index (χ3n) is 3.32. The Labute approximate surface area is 149 Å². The van der Waals surface area contributed by atoms with Crippen LogP contribution in [0.2, 0.25) is 5.02 Å². The van der Waals surface area contributed by atoms with Crippen LogP contribution >= 0.6 is 11.6 Å². The number of carbonyl (C=O) groups is 1. The minimum Gasteiger partial charge on any atom is -0.393 e. The number of nitrogen functional groups attached to an aromatic ring is 1. The van der Waals surface area contributed by atoms with Crippen LogP contribution in [-0.2, 0) is 0 Å². The van der Waals surface area contributed by atoms with E-state index in [0.717, 1.165) is 5.69 Å². The van der Waals surface area contributed by atoms with Crippen molar-refractivity contribution in [3.05, 3.63) is 71.5 Å². The second-order valence-electron chi connectivity index (χ2n) is 5.06. The Kier molecular flexibility index (Phi) is 4.96. The average Bonchev–Trinajstić information content (AvgIpc) is 2.63. The number of para-hydroxylation sites is 1. The first-order valence-corrected chi connectivity index (χ1v) is 7.76. The van der Waals surface area contributed by atoms with E-state index in [1.54, 1.807) is 24.3 Å². The topological polar surface area (TPSA) is 105 Å². The number of nitrogens with two attached hydrogens (primary N) is 1. The molecule has 0 saturated heterocycles. The minimum absolute atomic E-state index is 0.280. The minimum atomic E-state index is -0.341. The van der Waals surface area contributed by atoms with Gasteiger partial charge in [0, 0.05) is 16.3 Å². The molecule has 0 fully saturated rings. The monoisotopic (exact) mass is 354 g/mol. The number of rotatable bonds is 5. The number of hydrogen-bond acceptors (Lipinski definition) is 6. The molecule has 0 aliphatic carbocycles. The molecule has 3 aromatic rings. The predicted octanol–water partition coefficient (Wildman–Crippen LogP) is 3.21. The second kappa shape index (κ2) is 7.50. The molecule has 1 amide bonds. The van der Waals surface area contributed by atoms with Gasteiger partial charge in [0.1, 0.15) is 12.0 Å². The average molecular weight is 355 g/mol. The van der Waals surface area contributed by atoms with Crippen LogP contribution in [-0.4, -0.2) is 15.9 Å². The van der Waals surface area contributed by atoms with E-state index < -0.39 is 0 Å². The van der Waals surface area contributed by atoms with E-state index in [4.69, 9.17) is 17.3 Å². The number of benzene rings is 2. The summed E-state index contributed by atoms with van der Waals surface area (Å²) in [6, 6.07) is 16.0. The van der Waals surface area contributed by atoms with Crippen molar-refractivity contribution in [1.29, 1.82) is 0 Å². The number of halogens is 1. The summed E-state index contributed by atoms with van der Waals surface area (Å²) in [5.41, 5.74) is 12.9. The largest absolute Gasteiger partial charge is 0.393 e. The normalized spacial score (nSPS) is 10.1. The van der Waals surface area contributed by atoms with Crippen LogP contribution in [0.25, 0.3) is 0 Å². The number of aromatic nitrogens is 2. The molecule has 0 aliphatic heterocycles. The Hall–Kier alpha value is -3.32. The van der Waals surface area contributed by atoms with E-state index in [2.05, 4.69) is 26.1 Å². The van der Waals surface area contributed by atoms with Gasteiger partial charge >= 0.3 is 0 Å². The van der Waals surface area contributed by atoms with E-state index >= 15 is 0 Å². The highest BCUT2D eigenvalue weighted by atomic mass is 35.5. The zero-order chi connectivity index (χ0) is 17.6. The molecule has 0 atom stereocenters. The Morgan fingerprint density at radius 2 is 1.64 bits per heavy atom. The van der Waals surface area contributed by atoms with Crippen LogP contribution in [0.15, 0.2) is 60.9 Å². The first kappa shape index (κ1) is 16.5.